The number of rotatable bonds is 10. The van der Waals surface area contributed by atoms with Crippen LogP contribution in [-0.4, -0.2) is 53.2 Å². The summed E-state index contributed by atoms with van der Waals surface area (Å²) >= 11 is 0. The molecule has 0 rings (SSSR count). The molecule has 0 spiro atoms. The Kier molecular flexibility index (Phi) is 9.35. The number of carbonyl (C=O) groups is 1. The Morgan fingerprint density at radius 1 is 1.17 bits per heavy atom. The molecule has 0 amide bonds. The van der Waals surface area contributed by atoms with Crippen LogP contribution in [0, 0.1) is 5.92 Å². The van der Waals surface area contributed by atoms with Gasteiger partial charge < -0.3 is 14.2 Å². The molecule has 6 nitrogen and oxygen atoms in total. The molecular formula is C10H19ClO6S. The van der Waals surface area contributed by atoms with Crippen LogP contribution < -0.4 is 0 Å². The highest BCUT2D eigenvalue weighted by molar-refractivity contribution is 8.13. The highest BCUT2D eigenvalue weighted by Crippen LogP contribution is 1.95. The fourth-order valence-electron chi connectivity index (χ4n) is 0.835. The molecule has 0 atom stereocenters. The lowest BCUT2D eigenvalue weighted by atomic mass is 10.2. The van der Waals surface area contributed by atoms with Crippen molar-refractivity contribution in [1.82, 2.24) is 0 Å². The fraction of sp³-hybridized carbons (Fsp3) is 0.900. The Morgan fingerprint density at radius 3 is 2.33 bits per heavy atom. The van der Waals surface area contributed by atoms with Gasteiger partial charge in [0, 0.05) is 10.7 Å². The van der Waals surface area contributed by atoms with Crippen LogP contribution in [0.25, 0.3) is 0 Å². The van der Waals surface area contributed by atoms with Gasteiger partial charge in [-0.25, -0.2) is 13.2 Å². The Bertz CT molecular complexity index is 327. The summed E-state index contributed by atoms with van der Waals surface area (Å²) in [5.74, 6) is -0.382. The first-order valence-corrected chi connectivity index (χ1v) is 8.02. The third-order valence-electron chi connectivity index (χ3n) is 1.64. The Balaban J connectivity index is 3.33. The highest BCUT2D eigenvalue weighted by Gasteiger charge is 2.05. The molecule has 0 radical (unpaired) electrons. The maximum Gasteiger partial charge on any atom is 0.332 e. The highest BCUT2D eigenvalue weighted by atomic mass is 35.7. The SMILES string of the molecule is CC(C)COC(=O)COCCOCCS(=O)(=O)Cl. The second-order valence-corrected chi connectivity index (χ2v) is 6.88. The quantitative estimate of drug-likeness (QED) is 0.337. The molecule has 0 aliphatic rings. The van der Waals surface area contributed by atoms with E-state index in [1.807, 2.05) is 13.8 Å². The van der Waals surface area contributed by atoms with Crippen LogP contribution in [0.1, 0.15) is 13.8 Å². The molecule has 0 aromatic heterocycles. The van der Waals surface area contributed by atoms with Crippen LogP contribution in [0.5, 0.6) is 0 Å². The standard InChI is InChI=1S/C10H19ClO6S/c1-9(2)7-17-10(12)8-16-4-3-15-5-6-18(11,13)14/h9H,3-8H2,1-2H3. The Hall–Kier alpha value is -0.370. The van der Waals surface area contributed by atoms with Crippen LogP contribution in [-0.2, 0) is 28.1 Å². The number of carbonyl (C=O) groups excluding carboxylic acids is 1. The first-order chi connectivity index (χ1) is 8.31. The van der Waals surface area contributed by atoms with Crippen molar-refractivity contribution in [2.45, 2.75) is 13.8 Å². The number of hydrogen-bond donors (Lipinski definition) is 0. The second kappa shape index (κ2) is 9.55. The topological polar surface area (TPSA) is 78.9 Å². The molecule has 108 valence electrons. The summed E-state index contributed by atoms with van der Waals surface area (Å²) in [5, 5.41) is 0. The molecular weight excluding hydrogens is 284 g/mol. The van der Waals surface area contributed by atoms with E-state index in [4.69, 9.17) is 24.9 Å². The van der Waals surface area contributed by atoms with Gasteiger partial charge >= 0.3 is 5.97 Å². The molecule has 0 fully saturated rings. The van der Waals surface area contributed by atoms with E-state index in [-0.39, 0.29) is 38.1 Å². The first kappa shape index (κ1) is 17.6. The molecule has 0 aliphatic heterocycles. The molecule has 0 heterocycles. The third-order valence-corrected chi connectivity index (χ3v) is 2.76. The average molecular weight is 303 g/mol. The fourth-order valence-corrected chi connectivity index (χ4v) is 1.34. The minimum atomic E-state index is -3.51. The van der Waals surface area contributed by atoms with Gasteiger partial charge in [-0.3, -0.25) is 0 Å². The number of halogens is 1. The summed E-state index contributed by atoms with van der Waals surface area (Å²) in [6.45, 7) is 4.51. The number of esters is 1. The molecule has 0 aromatic rings. The van der Waals surface area contributed by atoms with Crippen molar-refractivity contribution in [3.63, 3.8) is 0 Å². The van der Waals surface area contributed by atoms with Crippen molar-refractivity contribution in [3.8, 4) is 0 Å². The van der Waals surface area contributed by atoms with Gasteiger partial charge in [0.1, 0.15) is 6.61 Å². The molecule has 8 heteroatoms. The lowest BCUT2D eigenvalue weighted by molar-refractivity contribution is -0.150. The van der Waals surface area contributed by atoms with Crippen molar-refractivity contribution >= 4 is 25.7 Å². The van der Waals surface area contributed by atoms with Gasteiger partial charge in [0.15, 0.2) is 0 Å². The van der Waals surface area contributed by atoms with Crippen LogP contribution in [0.3, 0.4) is 0 Å². The lowest BCUT2D eigenvalue weighted by Gasteiger charge is -2.07. The van der Waals surface area contributed by atoms with E-state index in [9.17, 15) is 13.2 Å². The largest absolute Gasteiger partial charge is 0.464 e. The molecule has 0 unspecified atom stereocenters. The van der Waals surface area contributed by atoms with E-state index < -0.39 is 15.0 Å². The van der Waals surface area contributed by atoms with E-state index in [0.29, 0.717) is 6.61 Å². The van der Waals surface area contributed by atoms with Gasteiger partial charge in [0.25, 0.3) is 0 Å². The molecule has 0 aliphatic carbocycles. The molecule has 0 aromatic carbocycles. The second-order valence-electron chi connectivity index (χ2n) is 3.98. The van der Waals surface area contributed by atoms with Gasteiger partial charge in [-0.15, -0.1) is 0 Å². The van der Waals surface area contributed by atoms with Crippen LogP contribution in [0.2, 0.25) is 0 Å². The van der Waals surface area contributed by atoms with E-state index in [0.717, 1.165) is 0 Å². The van der Waals surface area contributed by atoms with Gasteiger partial charge in [-0.1, -0.05) is 13.8 Å². The van der Waals surface area contributed by atoms with E-state index in [1.54, 1.807) is 0 Å². The number of hydrogen-bond acceptors (Lipinski definition) is 6. The normalized spacial score (nSPS) is 11.8. The molecule has 0 N–H and O–H groups in total. The molecule has 0 saturated heterocycles. The average Bonchev–Trinajstić information content (AvgIpc) is 2.23. The Morgan fingerprint density at radius 2 is 1.78 bits per heavy atom. The predicted molar refractivity (Wildman–Crippen MR) is 67.1 cm³/mol. The first-order valence-electron chi connectivity index (χ1n) is 5.54. The number of ether oxygens (including phenoxy) is 3. The summed E-state index contributed by atoms with van der Waals surface area (Å²) in [4.78, 5) is 11.1. The van der Waals surface area contributed by atoms with E-state index >= 15 is 0 Å². The van der Waals surface area contributed by atoms with Crippen LogP contribution >= 0.6 is 10.7 Å². The summed E-state index contributed by atoms with van der Waals surface area (Å²) < 4.78 is 35.9. The zero-order valence-corrected chi connectivity index (χ0v) is 12.1. The monoisotopic (exact) mass is 302 g/mol. The van der Waals surface area contributed by atoms with Gasteiger partial charge in [0.05, 0.1) is 32.2 Å². The summed E-state index contributed by atoms with van der Waals surface area (Å²) in [6, 6.07) is 0. The van der Waals surface area contributed by atoms with Crippen molar-refractivity contribution in [3.05, 3.63) is 0 Å². The summed E-state index contributed by atoms with van der Waals surface area (Å²) in [6.07, 6.45) is 0. The van der Waals surface area contributed by atoms with Crippen molar-refractivity contribution < 1.29 is 27.4 Å². The van der Waals surface area contributed by atoms with Crippen LogP contribution in [0.15, 0.2) is 0 Å². The van der Waals surface area contributed by atoms with Crippen molar-refractivity contribution in [1.29, 1.82) is 0 Å². The minimum absolute atomic E-state index is 0.00693. The summed E-state index contributed by atoms with van der Waals surface area (Å²) in [7, 11) is 1.46. The predicted octanol–water partition coefficient (Wildman–Crippen LogP) is 0.787. The van der Waals surface area contributed by atoms with Gasteiger partial charge in [-0.2, -0.15) is 0 Å². The molecule has 0 bridgehead atoms. The van der Waals surface area contributed by atoms with Gasteiger partial charge in [0.2, 0.25) is 9.05 Å². The van der Waals surface area contributed by atoms with E-state index in [2.05, 4.69) is 0 Å². The molecule has 0 saturated carbocycles. The van der Waals surface area contributed by atoms with Gasteiger partial charge in [-0.05, 0) is 5.92 Å². The maximum absolute atomic E-state index is 11.1. The third kappa shape index (κ3) is 13.7. The van der Waals surface area contributed by atoms with E-state index in [1.165, 1.54) is 0 Å². The zero-order chi connectivity index (χ0) is 14.0. The van der Waals surface area contributed by atoms with Crippen molar-refractivity contribution in [2.24, 2.45) is 5.92 Å². The lowest BCUT2D eigenvalue weighted by Crippen LogP contribution is -2.18. The van der Waals surface area contributed by atoms with Crippen molar-refractivity contribution in [2.75, 3.05) is 38.8 Å². The summed E-state index contributed by atoms with van der Waals surface area (Å²) in [5.41, 5.74) is 0. The smallest absolute Gasteiger partial charge is 0.332 e. The minimum Gasteiger partial charge on any atom is -0.464 e. The van der Waals surface area contributed by atoms with Crippen LogP contribution in [0.4, 0.5) is 0 Å². The zero-order valence-electron chi connectivity index (χ0n) is 10.6. The maximum atomic E-state index is 11.1. The molecule has 18 heavy (non-hydrogen) atoms. The Labute approximate surface area is 112 Å².